The van der Waals surface area contributed by atoms with Crippen molar-refractivity contribution in [2.45, 2.75) is 0 Å². The molecule has 0 atom stereocenters. The molecule has 0 aromatic heterocycles. The van der Waals surface area contributed by atoms with Gasteiger partial charge in [0.2, 0.25) is 0 Å². The summed E-state index contributed by atoms with van der Waals surface area (Å²) < 4.78 is 0. The van der Waals surface area contributed by atoms with E-state index in [1.165, 1.54) is 6.08 Å². The van der Waals surface area contributed by atoms with Crippen LogP contribution in [0.15, 0.2) is 43.0 Å². The number of rotatable bonds is 4. The predicted molar refractivity (Wildman–Crippen MR) is 77.6 cm³/mol. The molecule has 18 heavy (non-hydrogen) atoms. The normalized spacial score (nSPS) is 10.1. The predicted octanol–water partition coefficient (Wildman–Crippen LogP) is 3.29. The molecule has 2 aromatic rings. The van der Waals surface area contributed by atoms with Gasteiger partial charge in [0.25, 0.3) is 0 Å². The monoisotopic (exact) mass is 240 g/mol. The number of carbonyl (C=O) groups is 1. The number of anilines is 2. The molecule has 0 heterocycles. The Labute approximate surface area is 107 Å². The van der Waals surface area contributed by atoms with Gasteiger partial charge in [-0.25, -0.2) is 0 Å². The van der Waals surface area contributed by atoms with E-state index < -0.39 is 0 Å². The van der Waals surface area contributed by atoms with Crippen LogP contribution in [-0.2, 0) is 0 Å². The lowest BCUT2D eigenvalue weighted by molar-refractivity contribution is 0.104. The molecule has 2 rings (SSSR count). The van der Waals surface area contributed by atoms with Crippen molar-refractivity contribution < 1.29 is 4.79 Å². The van der Waals surface area contributed by atoms with Crippen molar-refractivity contribution in [1.82, 2.24) is 0 Å². The Bertz CT molecular complexity index is 617. The zero-order valence-electron chi connectivity index (χ0n) is 10.6. The van der Waals surface area contributed by atoms with Crippen LogP contribution in [0.4, 0.5) is 11.4 Å². The number of benzene rings is 2. The molecule has 92 valence electrons. The van der Waals surface area contributed by atoms with Crippen molar-refractivity contribution in [2.24, 2.45) is 0 Å². The minimum atomic E-state index is -0.0550. The number of nitrogens with one attached hydrogen (secondary N) is 2. The number of hydrogen-bond acceptors (Lipinski definition) is 3. The molecule has 0 radical (unpaired) electrons. The third-order valence-electron chi connectivity index (χ3n) is 3.01. The molecular formula is C15H16N2O. The van der Waals surface area contributed by atoms with Gasteiger partial charge in [0.05, 0.1) is 11.4 Å². The van der Waals surface area contributed by atoms with Crippen molar-refractivity contribution in [2.75, 3.05) is 24.7 Å². The van der Waals surface area contributed by atoms with Crippen molar-refractivity contribution in [1.29, 1.82) is 0 Å². The van der Waals surface area contributed by atoms with Crippen molar-refractivity contribution >= 4 is 27.9 Å². The number of fused-ring (bicyclic) bond motifs is 1. The van der Waals surface area contributed by atoms with Crippen molar-refractivity contribution in [3.8, 4) is 0 Å². The average molecular weight is 240 g/mol. The zero-order chi connectivity index (χ0) is 13.1. The molecule has 3 nitrogen and oxygen atoms in total. The van der Waals surface area contributed by atoms with Gasteiger partial charge in [0.1, 0.15) is 0 Å². The SMILES string of the molecule is C=CC(=O)c1ccc2c(NC)c(NC)ccc2c1. The first-order chi connectivity index (χ1) is 8.71. The Morgan fingerprint density at radius 1 is 1.17 bits per heavy atom. The van der Waals surface area contributed by atoms with Gasteiger partial charge in [0.15, 0.2) is 5.78 Å². The minimum absolute atomic E-state index is 0.0550. The Hall–Kier alpha value is -2.29. The molecule has 0 aliphatic rings. The lowest BCUT2D eigenvalue weighted by Crippen LogP contribution is -1.98. The smallest absolute Gasteiger partial charge is 0.185 e. The summed E-state index contributed by atoms with van der Waals surface area (Å²) in [4.78, 5) is 11.6. The molecule has 0 unspecified atom stereocenters. The Morgan fingerprint density at radius 2 is 1.94 bits per heavy atom. The van der Waals surface area contributed by atoms with Gasteiger partial charge in [-0.15, -0.1) is 0 Å². The molecule has 0 fully saturated rings. The third kappa shape index (κ3) is 1.95. The molecule has 2 N–H and O–H groups in total. The number of hydrogen-bond donors (Lipinski definition) is 2. The highest BCUT2D eigenvalue weighted by molar-refractivity contribution is 6.08. The van der Waals surface area contributed by atoms with E-state index in [4.69, 9.17) is 0 Å². The molecule has 3 heteroatoms. The Morgan fingerprint density at radius 3 is 2.56 bits per heavy atom. The molecule has 0 spiro atoms. The first-order valence-corrected chi connectivity index (χ1v) is 5.80. The molecule has 0 aliphatic heterocycles. The summed E-state index contributed by atoms with van der Waals surface area (Å²) in [6.45, 7) is 3.51. The average Bonchev–Trinajstić information content (AvgIpc) is 2.44. The van der Waals surface area contributed by atoms with Crippen LogP contribution in [0.3, 0.4) is 0 Å². The summed E-state index contributed by atoms with van der Waals surface area (Å²) >= 11 is 0. The summed E-state index contributed by atoms with van der Waals surface area (Å²) in [6.07, 6.45) is 1.34. The molecule has 0 aliphatic carbocycles. The number of allylic oxidation sites excluding steroid dienone is 1. The standard InChI is InChI=1S/C15H16N2O/c1-4-14(18)11-5-7-12-10(9-11)6-8-13(16-2)15(12)17-3/h4-9,16-17H,1H2,2-3H3. The van der Waals surface area contributed by atoms with Crippen LogP contribution in [-0.4, -0.2) is 19.9 Å². The second kappa shape index (κ2) is 4.92. The molecule has 0 amide bonds. The molecular weight excluding hydrogens is 224 g/mol. The summed E-state index contributed by atoms with van der Waals surface area (Å²) in [5, 5.41) is 8.45. The van der Waals surface area contributed by atoms with E-state index in [2.05, 4.69) is 17.2 Å². The van der Waals surface area contributed by atoms with E-state index in [9.17, 15) is 4.79 Å². The van der Waals surface area contributed by atoms with E-state index in [1.54, 1.807) is 0 Å². The fraction of sp³-hybridized carbons (Fsp3) is 0.133. The Kier molecular flexibility index (Phi) is 3.33. The lowest BCUT2D eigenvalue weighted by atomic mass is 10.0. The number of carbonyl (C=O) groups excluding carboxylic acids is 1. The largest absolute Gasteiger partial charge is 0.386 e. The van der Waals surface area contributed by atoms with E-state index in [0.717, 1.165) is 22.1 Å². The van der Waals surface area contributed by atoms with E-state index in [1.807, 2.05) is 44.4 Å². The first-order valence-electron chi connectivity index (χ1n) is 5.80. The van der Waals surface area contributed by atoms with Crippen LogP contribution >= 0.6 is 0 Å². The third-order valence-corrected chi connectivity index (χ3v) is 3.01. The highest BCUT2D eigenvalue weighted by Gasteiger charge is 2.07. The maximum Gasteiger partial charge on any atom is 0.185 e. The van der Waals surface area contributed by atoms with Crippen LogP contribution in [0.1, 0.15) is 10.4 Å². The molecule has 0 bridgehead atoms. The first kappa shape index (κ1) is 12.2. The van der Waals surface area contributed by atoms with E-state index >= 15 is 0 Å². The fourth-order valence-electron chi connectivity index (χ4n) is 2.08. The minimum Gasteiger partial charge on any atom is -0.386 e. The van der Waals surface area contributed by atoms with Crippen LogP contribution in [0.5, 0.6) is 0 Å². The van der Waals surface area contributed by atoms with Gasteiger partial charge in [-0.3, -0.25) is 4.79 Å². The van der Waals surface area contributed by atoms with Crippen LogP contribution in [0.25, 0.3) is 10.8 Å². The van der Waals surface area contributed by atoms with Gasteiger partial charge in [-0.05, 0) is 23.6 Å². The van der Waals surface area contributed by atoms with Gasteiger partial charge >= 0.3 is 0 Å². The summed E-state index contributed by atoms with van der Waals surface area (Å²) in [5.74, 6) is -0.0550. The van der Waals surface area contributed by atoms with Crippen LogP contribution in [0, 0.1) is 0 Å². The second-order valence-corrected chi connectivity index (χ2v) is 3.99. The summed E-state index contributed by atoms with van der Waals surface area (Å²) in [7, 11) is 3.77. The van der Waals surface area contributed by atoms with Crippen LogP contribution < -0.4 is 10.6 Å². The summed E-state index contributed by atoms with van der Waals surface area (Å²) in [6, 6.07) is 9.67. The van der Waals surface area contributed by atoms with Gasteiger partial charge in [0, 0.05) is 25.0 Å². The van der Waals surface area contributed by atoms with Crippen molar-refractivity contribution in [3.63, 3.8) is 0 Å². The maximum absolute atomic E-state index is 11.6. The van der Waals surface area contributed by atoms with Crippen molar-refractivity contribution in [3.05, 3.63) is 48.6 Å². The topological polar surface area (TPSA) is 41.1 Å². The van der Waals surface area contributed by atoms with Gasteiger partial charge in [-0.2, -0.15) is 0 Å². The Balaban J connectivity index is 2.67. The quantitative estimate of drug-likeness (QED) is 0.636. The molecule has 0 saturated heterocycles. The molecule has 0 saturated carbocycles. The highest BCUT2D eigenvalue weighted by Crippen LogP contribution is 2.31. The fourth-order valence-corrected chi connectivity index (χ4v) is 2.08. The second-order valence-electron chi connectivity index (χ2n) is 3.99. The van der Waals surface area contributed by atoms with Gasteiger partial charge < -0.3 is 10.6 Å². The lowest BCUT2D eigenvalue weighted by Gasteiger charge is -2.12. The highest BCUT2D eigenvalue weighted by atomic mass is 16.1. The van der Waals surface area contributed by atoms with Gasteiger partial charge in [-0.1, -0.05) is 24.8 Å². The zero-order valence-corrected chi connectivity index (χ0v) is 10.6. The number of ketones is 1. The van der Waals surface area contributed by atoms with Crippen LogP contribution in [0.2, 0.25) is 0 Å². The maximum atomic E-state index is 11.6. The van der Waals surface area contributed by atoms with E-state index in [-0.39, 0.29) is 5.78 Å². The molecule has 2 aromatic carbocycles. The summed E-state index contributed by atoms with van der Waals surface area (Å²) in [5.41, 5.74) is 2.73. The van der Waals surface area contributed by atoms with E-state index in [0.29, 0.717) is 5.56 Å².